The molecule has 0 aliphatic heterocycles. The molecule has 1 radical (unpaired) electrons. The molecule has 0 heterocycles. The Hall–Kier alpha value is -0.130. The molecule has 5 heteroatoms. The van der Waals surface area contributed by atoms with E-state index >= 15 is 0 Å². The van der Waals surface area contributed by atoms with E-state index in [9.17, 15) is 8.42 Å². The Kier molecular flexibility index (Phi) is 6.28. The van der Waals surface area contributed by atoms with Crippen molar-refractivity contribution in [1.82, 2.24) is 9.86 Å². The fourth-order valence-corrected chi connectivity index (χ4v) is 1.63. The molecular formula is C8H19N2O2S. The van der Waals surface area contributed by atoms with Crippen LogP contribution >= 0.6 is 0 Å². The van der Waals surface area contributed by atoms with Gasteiger partial charge >= 0.3 is 0 Å². The molecule has 0 aromatic rings. The predicted molar refractivity (Wildman–Crippen MR) is 53.3 cm³/mol. The summed E-state index contributed by atoms with van der Waals surface area (Å²) in [7, 11) is -3.75. The smallest absolute Gasteiger partial charge is 0.201 e. The van der Waals surface area contributed by atoms with Crippen LogP contribution in [-0.4, -0.2) is 15.0 Å². The molecule has 0 aliphatic rings. The van der Waals surface area contributed by atoms with Gasteiger partial charge in [0.2, 0.25) is 0 Å². The Morgan fingerprint density at radius 3 is 2.38 bits per heavy atom. The predicted octanol–water partition coefficient (Wildman–Crippen LogP) is 1.32. The zero-order valence-corrected chi connectivity index (χ0v) is 9.15. The normalized spacial score (nSPS) is 14.4. The monoisotopic (exact) mass is 207 g/mol. The average Bonchev–Trinajstić information content (AvgIpc) is 2.03. The van der Waals surface area contributed by atoms with E-state index in [-0.39, 0.29) is 0 Å². The summed E-state index contributed by atoms with van der Waals surface area (Å²) in [6.45, 7) is 4.56. The molecule has 0 aromatic heterocycles. The van der Waals surface area contributed by atoms with Gasteiger partial charge in [-0.3, -0.25) is 0 Å². The van der Waals surface area contributed by atoms with Gasteiger partial charge in [-0.05, 0) is 12.3 Å². The van der Waals surface area contributed by atoms with Crippen molar-refractivity contribution in [2.75, 3.05) is 6.54 Å². The van der Waals surface area contributed by atoms with Crippen LogP contribution in [0.2, 0.25) is 0 Å². The van der Waals surface area contributed by atoms with Gasteiger partial charge in [-0.2, -0.15) is 8.42 Å². The van der Waals surface area contributed by atoms with E-state index in [1.165, 1.54) is 0 Å². The van der Waals surface area contributed by atoms with E-state index in [1.54, 1.807) is 0 Å². The van der Waals surface area contributed by atoms with Crippen LogP contribution in [0.4, 0.5) is 0 Å². The number of unbranched alkanes of at least 4 members (excludes halogenated alkanes) is 1. The summed E-state index contributed by atoms with van der Waals surface area (Å²) in [6, 6.07) is 0. The van der Waals surface area contributed by atoms with Crippen molar-refractivity contribution in [2.24, 2.45) is 5.92 Å². The molecule has 0 saturated heterocycles. The summed E-state index contributed by atoms with van der Waals surface area (Å²) in [5, 5.41) is 6.64. The van der Waals surface area contributed by atoms with Crippen molar-refractivity contribution >= 4 is 10.2 Å². The molecule has 0 spiro atoms. The SMILES string of the molecule is CCCCC(CC)CNS([NH])(=O)=O. The third-order valence-electron chi connectivity index (χ3n) is 2.11. The lowest BCUT2D eigenvalue weighted by molar-refractivity contribution is 0.443. The van der Waals surface area contributed by atoms with Crippen molar-refractivity contribution in [1.29, 1.82) is 0 Å². The molecule has 79 valence electrons. The minimum absolute atomic E-state index is 0.375. The molecular weight excluding hydrogens is 188 g/mol. The van der Waals surface area contributed by atoms with Gasteiger partial charge in [-0.25, -0.2) is 4.72 Å². The Bertz CT molecular complexity index is 214. The highest BCUT2D eigenvalue weighted by atomic mass is 32.2. The van der Waals surface area contributed by atoms with E-state index in [2.05, 4.69) is 11.6 Å². The Morgan fingerprint density at radius 2 is 2.00 bits per heavy atom. The first-order valence-electron chi connectivity index (χ1n) is 4.73. The maximum atomic E-state index is 10.5. The second kappa shape index (κ2) is 6.34. The molecule has 2 N–H and O–H groups in total. The fraction of sp³-hybridized carbons (Fsp3) is 1.00. The summed E-state index contributed by atoms with van der Waals surface area (Å²) in [6.07, 6.45) is 4.25. The highest BCUT2D eigenvalue weighted by molar-refractivity contribution is 7.86. The summed E-state index contributed by atoms with van der Waals surface area (Å²) in [4.78, 5) is 0. The summed E-state index contributed by atoms with van der Waals surface area (Å²) >= 11 is 0. The van der Waals surface area contributed by atoms with Crippen molar-refractivity contribution in [3.05, 3.63) is 0 Å². The van der Waals surface area contributed by atoms with Crippen molar-refractivity contribution < 1.29 is 8.42 Å². The molecule has 0 rings (SSSR count). The molecule has 1 atom stereocenters. The Labute approximate surface area is 81.1 Å². The van der Waals surface area contributed by atoms with Crippen molar-refractivity contribution in [3.63, 3.8) is 0 Å². The van der Waals surface area contributed by atoms with Gasteiger partial charge in [0.25, 0.3) is 10.2 Å². The second-order valence-corrected chi connectivity index (χ2v) is 4.56. The van der Waals surface area contributed by atoms with Crippen LogP contribution < -0.4 is 9.86 Å². The lowest BCUT2D eigenvalue weighted by Crippen LogP contribution is -2.29. The van der Waals surface area contributed by atoms with Crippen LogP contribution in [0.15, 0.2) is 0 Å². The van der Waals surface area contributed by atoms with Crippen LogP contribution in [0, 0.1) is 5.92 Å². The number of hydrogen-bond donors (Lipinski definition) is 1. The van der Waals surface area contributed by atoms with Crippen molar-refractivity contribution in [2.45, 2.75) is 39.5 Å². The average molecular weight is 207 g/mol. The minimum atomic E-state index is -3.75. The summed E-state index contributed by atoms with van der Waals surface area (Å²) < 4.78 is 23.2. The van der Waals surface area contributed by atoms with Crippen LogP contribution in [0.3, 0.4) is 0 Å². The lowest BCUT2D eigenvalue weighted by atomic mass is 10.00. The highest BCUT2D eigenvalue weighted by Gasteiger charge is 2.09. The van der Waals surface area contributed by atoms with Gasteiger partial charge in [0.1, 0.15) is 0 Å². The second-order valence-electron chi connectivity index (χ2n) is 3.27. The minimum Gasteiger partial charge on any atom is -0.201 e. The van der Waals surface area contributed by atoms with E-state index in [0.29, 0.717) is 12.5 Å². The van der Waals surface area contributed by atoms with Gasteiger partial charge in [0.15, 0.2) is 0 Å². The maximum Gasteiger partial charge on any atom is 0.290 e. The zero-order valence-electron chi connectivity index (χ0n) is 8.34. The van der Waals surface area contributed by atoms with Crippen LogP contribution in [0.25, 0.3) is 0 Å². The van der Waals surface area contributed by atoms with E-state index in [1.807, 2.05) is 6.92 Å². The van der Waals surface area contributed by atoms with Gasteiger partial charge in [0, 0.05) is 6.54 Å². The fourth-order valence-electron chi connectivity index (χ4n) is 1.17. The van der Waals surface area contributed by atoms with Gasteiger partial charge in [0.05, 0.1) is 0 Å². The first-order valence-corrected chi connectivity index (χ1v) is 6.22. The van der Waals surface area contributed by atoms with E-state index in [0.717, 1.165) is 25.7 Å². The number of rotatable bonds is 7. The third kappa shape index (κ3) is 8.21. The van der Waals surface area contributed by atoms with Crippen LogP contribution in [0.5, 0.6) is 0 Å². The summed E-state index contributed by atoms with van der Waals surface area (Å²) in [5.41, 5.74) is 0. The molecule has 13 heavy (non-hydrogen) atoms. The van der Waals surface area contributed by atoms with Gasteiger partial charge in [-0.1, -0.05) is 33.1 Å². The molecule has 0 saturated carbocycles. The van der Waals surface area contributed by atoms with E-state index in [4.69, 9.17) is 5.14 Å². The molecule has 0 fully saturated rings. The topological polar surface area (TPSA) is 70.0 Å². The third-order valence-corrected chi connectivity index (χ3v) is 2.65. The number of hydrogen-bond acceptors (Lipinski definition) is 2. The van der Waals surface area contributed by atoms with Crippen LogP contribution in [0.1, 0.15) is 39.5 Å². The zero-order chi connectivity index (χ0) is 10.3. The molecule has 0 amide bonds. The molecule has 0 aliphatic carbocycles. The standard InChI is InChI=1S/C8H19N2O2S/c1-3-5-6-8(4-2)7-10-13(9,11)12/h8-10H,3-7H2,1-2H3. The number of nitrogens with one attached hydrogen (secondary N) is 2. The first-order chi connectivity index (χ1) is 5.99. The summed E-state index contributed by atoms with van der Waals surface area (Å²) in [5.74, 6) is 0.375. The molecule has 0 bridgehead atoms. The maximum absolute atomic E-state index is 10.5. The quantitative estimate of drug-likeness (QED) is 0.684. The van der Waals surface area contributed by atoms with Gasteiger partial charge < -0.3 is 0 Å². The van der Waals surface area contributed by atoms with E-state index < -0.39 is 10.2 Å². The van der Waals surface area contributed by atoms with Gasteiger partial charge in [-0.15, -0.1) is 5.14 Å². The Morgan fingerprint density at radius 1 is 1.38 bits per heavy atom. The molecule has 0 aromatic carbocycles. The highest BCUT2D eigenvalue weighted by Crippen LogP contribution is 2.11. The molecule has 4 nitrogen and oxygen atoms in total. The van der Waals surface area contributed by atoms with Crippen LogP contribution in [-0.2, 0) is 10.2 Å². The van der Waals surface area contributed by atoms with Crippen molar-refractivity contribution in [3.8, 4) is 0 Å². The Balaban J connectivity index is 3.72. The largest absolute Gasteiger partial charge is 0.290 e. The molecule has 1 unspecified atom stereocenters. The lowest BCUT2D eigenvalue weighted by Gasteiger charge is -2.13. The first kappa shape index (κ1) is 12.9.